The number of sulfone groups is 1. The molecule has 0 aromatic heterocycles. The number of rotatable bonds is 6. The number of amides is 1. The Bertz CT molecular complexity index is 645. The van der Waals surface area contributed by atoms with Gasteiger partial charge in [-0.15, -0.1) is 0 Å². The van der Waals surface area contributed by atoms with Gasteiger partial charge in [0, 0.05) is 0 Å². The maximum Gasteiger partial charge on any atom is 0.239 e. The number of hydrogen-bond donors (Lipinski definition) is 2. The van der Waals surface area contributed by atoms with Crippen LogP contribution in [0.1, 0.15) is 20.3 Å². The highest BCUT2D eigenvalue weighted by Gasteiger charge is 2.39. The maximum absolute atomic E-state index is 12.0. The van der Waals surface area contributed by atoms with Crippen LogP contribution in [-0.4, -0.2) is 44.5 Å². The number of para-hydroxylation sites is 2. The van der Waals surface area contributed by atoms with E-state index in [0.717, 1.165) is 5.69 Å². The van der Waals surface area contributed by atoms with E-state index in [4.69, 9.17) is 4.74 Å². The van der Waals surface area contributed by atoms with Crippen molar-refractivity contribution in [3.63, 3.8) is 0 Å². The highest BCUT2D eigenvalue weighted by molar-refractivity contribution is 7.91. The van der Waals surface area contributed by atoms with Crippen LogP contribution in [0.5, 0.6) is 5.75 Å². The summed E-state index contributed by atoms with van der Waals surface area (Å²) in [5.41, 5.74) is 0.0699. The molecule has 122 valence electrons. The second kappa shape index (κ2) is 6.56. The van der Waals surface area contributed by atoms with Gasteiger partial charge in [-0.05, 0) is 32.4 Å². The van der Waals surface area contributed by atoms with Crippen molar-refractivity contribution in [2.75, 3.05) is 30.0 Å². The molecule has 0 radical (unpaired) electrons. The van der Waals surface area contributed by atoms with Gasteiger partial charge in [0.2, 0.25) is 5.91 Å². The van der Waals surface area contributed by atoms with Crippen molar-refractivity contribution in [3.05, 3.63) is 24.3 Å². The summed E-state index contributed by atoms with van der Waals surface area (Å²) in [5, 5.41) is 5.83. The summed E-state index contributed by atoms with van der Waals surface area (Å²) in [7, 11) is -3.04. The van der Waals surface area contributed by atoms with Crippen molar-refractivity contribution >= 4 is 21.4 Å². The molecule has 1 aliphatic rings. The predicted octanol–water partition coefficient (Wildman–Crippen LogP) is 1.19. The molecule has 6 nitrogen and oxygen atoms in total. The van der Waals surface area contributed by atoms with Gasteiger partial charge in [0.1, 0.15) is 5.75 Å². The van der Waals surface area contributed by atoms with Crippen molar-refractivity contribution in [1.29, 1.82) is 0 Å². The van der Waals surface area contributed by atoms with E-state index in [0.29, 0.717) is 18.8 Å². The first kappa shape index (κ1) is 16.6. The van der Waals surface area contributed by atoms with Gasteiger partial charge in [0.05, 0.1) is 35.9 Å². The Morgan fingerprint density at radius 2 is 2.09 bits per heavy atom. The summed E-state index contributed by atoms with van der Waals surface area (Å²) in [6.45, 7) is 4.27. The quantitative estimate of drug-likeness (QED) is 0.820. The minimum absolute atomic E-state index is 0.00126. The van der Waals surface area contributed by atoms with Crippen molar-refractivity contribution in [1.82, 2.24) is 5.32 Å². The fourth-order valence-electron chi connectivity index (χ4n) is 2.56. The van der Waals surface area contributed by atoms with Crippen molar-refractivity contribution in [2.45, 2.75) is 25.8 Å². The third-order valence-corrected chi connectivity index (χ3v) is 5.47. The van der Waals surface area contributed by atoms with E-state index in [9.17, 15) is 13.2 Å². The van der Waals surface area contributed by atoms with Gasteiger partial charge in [-0.3, -0.25) is 4.79 Å². The first-order valence-electron chi connectivity index (χ1n) is 7.31. The van der Waals surface area contributed by atoms with Crippen LogP contribution in [-0.2, 0) is 14.6 Å². The standard InChI is InChI=1S/C15H22N2O4S/c1-3-21-13-7-5-4-6-12(13)16-10-14(18)17-15(2)8-9-22(19,20)11-15/h4-7,16H,3,8-11H2,1-2H3,(H,17,18)/t15-/m1/s1. The van der Waals surface area contributed by atoms with Crippen LogP contribution in [0.2, 0.25) is 0 Å². The SMILES string of the molecule is CCOc1ccccc1NCC(=O)N[C@]1(C)CCS(=O)(=O)C1. The predicted molar refractivity (Wildman–Crippen MR) is 85.9 cm³/mol. The molecule has 1 saturated heterocycles. The zero-order valence-electron chi connectivity index (χ0n) is 12.9. The van der Waals surface area contributed by atoms with E-state index in [-0.39, 0.29) is 24.0 Å². The monoisotopic (exact) mass is 326 g/mol. The average Bonchev–Trinajstić information content (AvgIpc) is 2.72. The Morgan fingerprint density at radius 1 is 1.36 bits per heavy atom. The lowest BCUT2D eigenvalue weighted by molar-refractivity contribution is -0.120. The van der Waals surface area contributed by atoms with Gasteiger partial charge < -0.3 is 15.4 Å². The minimum Gasteiger partial charge on any atom is -0.492 e. The van der Waals surface area contributed by atoms with Gasteiger partial charge >= 0.3 is 0 Å². The summed E-state index contributed by atoms with van der Waals surface area (Å²) in [4.78, 5) is 12.0. The summed E-state index contributed by atoms with van der Waals surface area (Å²) in [5.74, 6) is 0.587. The molecule has 1 aromatic carbocycles. The van der Waals surface area contributed by atoms with Gasteiger partial charge in [-0.25, -0.2) is 8.42 Å². The molecule has 2 N–H and O–H groups in total. The molecule has 1 heterocycles. The fraction of sp³-hybridized carbons (Fsp3) is 0.533. The Morgan fingerprint density at radius 3 is 2.73 bits per heavy atom. The van der Waals surface area contributed by atoms with E-state index >= 15 is 0 Å². The molecule has 2 rings (SSSR count). The van der Waals surface area contributed by atoms with Crippen LogP contribution in [0.15, 0.2) is 24.3 Å². The van der Waals surface area contributed by atoms with Crippen LogP contribution in [0.4, 0.5) is 5.69 Å². The molecule has 0 bridgehead atoms. The van der Waals surface area contributed by atoms with Crippen LogP contribution >= 0.6 is 0 Å². The second-order valence-electron chi connectivity index (χ2n) is 5.73. The third kappa shape index (κ3) is 4.37. The average molecular weight is 326 g/mol. The summed E-state index contributed by atoms with van der Waals surface area (Å²) in [6.07, 6.45) is 0.455. The topological polar surface area (TPSA) is 84.5 Å². The number of anilines is 1. The van der Waals surface area contributed by atoms with Crippen LogP contribution in [0.25, 0.3) is 0 Å². The molecule has 0 unspecified atom stereocenters. The molecule has 1 amide bonds. The first-order chi connectivity index (χ1) is 10.3. The largest absolute Gasteiger partial charge is 0.492 e. The minimum atomic E-state index is -3.04. The van der Waals surface area contributed by atoms with Crippen LogP contribution in [0, 0.1) is 0 Å². The lowest BCUT2D eigenvalue weighted by Gasteiger charge is -2.24. The molecular weight excluding hydrogens is 304 g/mol. The molecule has 0 saturated carbocycles. The van der Waals surface area contributed by atoms with Crippen molar-refractivity contribution in [3.8, 4) is 5.75 Å². The fourth-order valence-corrected chi connectivity index (χ4v) is 4.65. The Kier molecular flexibility index (Phi) is 4.95. The highest BCUT2D eigenvalue weighted by atomic mass is 32.2. The molecule has 0 spiro atoms. The van der Waals surface area contributed by atoms with E-state index in [1.807, 2.05) is 31.2 Å². The number of carbonyl (C=O) groups excluding carboxylic acids is 1. The number of ether oxygens (including phenoxy) is 1. The van der Waals surface area contributed by atoms with E-state index in [1.54, 1.807) is 6.92 Å². The Balaban J connectivity index is 1.91. The number of hydrogen-bond acceptors (Lipinski definition) is 5. The molecular formula is C15H22N2O4S. The molecule has 1 aliphatic heterocycles. The Hall–Kier alpha value is -1.76. The van der Waals surface area contributed by atoms with E-state index in [2.05, 4.69) is 10.6 Å². The molecule has 22 heavy (non-hydrogen) atoms. The normalized spacial score (nSPS) is 23.0. The van der Waals surface area contributed by atoms with Crippen LogP contribution in [0.3, 0.4) is 0 Å². The van der Waals surface area contributed by atoms with Crippen LogP contribution < -0.4 is 15.4 Å². The molecule has 1 fully saturated rings. The number of carbonyl (C=O) groups is 1. The highest BCUT2D eigenvalue weighted by Crippen LogP contribution is 2.24. The lowest BCUT2D eigenvalue weighted by Crippen LogP contribution is -2.48. The zero-order chi connectivity index (χ0) is 16.2. The molecule has 7 heteroatoms. The first-order valence-corrected chi connectivity index (χ1v) is 9.13. The maximum atomic E-state index is 12.0. The summed E-state index contributed by atoms with van der Waals surface area (Å²) < 4.78 is 28.6. The van der Waals surface area contributed by atoms with Gasteiger partial charge in [0.25, 0.3) is 0 Å². The smallest absolute Gasteiger partial charge is 0.239 e. The Labute approximate surface area is 131 Å². The molecule has 1 atom stereocenters. The van der Waals surface area contributed by atoms with Gasteiger partial charge in [-0.1, -0.05) is 12.1 Å². The van der Waals surface area contributed by atoms with Crippen molar-refractivity contribution in [2.24, 2.45) is 0 Å². The van der Waals surface area contributed by atoms with E-state index < -0.39 is 15.4 Å². The number of nitrogens with one attached hydrogen (secondary N) is 2. The van der Waals surface area contributed by atoms with Gasteiger partial charge in [0.15, 0.2) is 9.84 Å². The lowest BCUT2D eigenvalue weighted by atomic mass is 10.0. The molecule has 1 aromatic rings. The van der Waals surface area contributed by atoms with Gasteiger partial charge in [-0.2, -0.15) is 0 Å². The second-order valence-corrected chi connectivity index (χ2v) is 7.92. The van der Waals surface area contributed by atoms with E-state index in [1.165, 1.54) is 0 Å². The molecule has 0 aliphatic carbocycles. The summed E-state index contributed by atoms with van der Waals surface area (Å²) >= 11 is 0. The zero-order valence-corrected chi connectivity index (χ0v) is 13.7. The number of benzene rings is 1. The third-order valence-electron chi connectivity index (χ3n) is 3.57. The summed E-state index contributed by atoms with van der Waals surface area (Å²) in [6, 6.07) is 7.38. The van der Waals surface area contributed by atoms with Crippen molar-refractivity contribution < 1.29 is 17.9 Å².